The first kappa shape index (κ1) is 18.4. The number of pyridine rings is 1. The van der Waals surface area contributed by atoms with Gasteiger partial charge in [0.25, 0.3) is 5.91 Å². The second-order valence-electron chi connectivity index (χ2n) is 5.95. The SMILES string of the molecule is Cc1oc2ccc(OCc3cccnc3)cc2c1C(=O)NC(CO)C(N)=O. The van der Waals surface area contributed by atoms with Gasteiger partial charge in [-0.1, -0.05) is 6.07 Å². The predicted molar refractivity (Wildman–Crippen MR) is 97.1 cm³/mol. The summed E-state index contributed by atoms with van der Waals surface area (Å²) in [6.07, 6.45) is 3.39. The number of benzene rings is 1. The van der Waals surface area contributed by atoms with Gasteiger partial charge in [0.15, 0.2) is 0 Å². The number of primary amides is 1. The third-order valence-electron chi connectivity index (χ3n) is 4.02. The van der Waals surface area contributed by atoms with Crippen molar-refractivity contribution in [1.82, 2.24) is 10.3 Å². The van der Waals surface area contributed by atoms with Gasteiger partial charge in [0.1, 0.15) is 29.7 Å². The van der Waals surface area contributed by atoms with Gasteiger partial charge in [-0.25, -0.2) is 0 Å². The van der Waals surface area contributed by atoms with E-state index in [9.17, 15) is 14.7 Å². The number of hydrogen-bond donors (Lipinski definition) is 3. The predicted octanol–water partition coefficient (Wildman–Crippen LogP) is 1.29. The van der Waals surface area contributed by atoms with Gasteiger partial charge in [0.05, 0.1) is 12.2 Å². The van der Waals surface area contributed by atoms with E-state index in [4.69, 9.17) is 14.9 Å². The Morgan fingerprint density at radius 1 is 1.37 bits per heavy atom. The van der Waals surface area contributed by atoms with Crippen LogP contribution in [0.25, 0.3) is 11.0 Å². The Balaban J connectivity index is 1.86. The number of aromatic nitrogens is 1. The van der Waals surface area contributed by atoms with E-state index in [2.05, 4.69) is 10.3 Å². The van der Waals surface area contributed by atoms with Crippen molar-refractivity contribution < 1.29 is 23.8 Å². The van der Waals surface area contributed by atoms with Crippen LogP contribution in [0.15, 0.2) is 47.1 Å². The first-order valence-corrected chi connectivity index (χ1v) is 8.25. The zero-order valence-electron chi connectivity index (χ0n) is 14.6. The molecule has 1 aromatic carbocycles. The van der Waals surface area contributed by atoms with E-state index in [0.717, 1.165) is 5.56 Å². The number of rotatable bonds is 7. The third kappa shape index (κ3) is 4.06. The molecule has 27 heavy (non-hydrogen) atoms. The molecule has 8 heteroatoms. The van der Waals surface area contributed by atoms with Gasteiger partial charge in [0, 0.05) is 23.3 Å². The number of carbonyl (C=O) groups excluding carboxylic acids is 2. The van der Waals surface area contributed by atoms with Gasteiger partial charge in [-0.3, -0.25) is 14.6 Å². The Kier molecular flexibility index (Phi) is 5.37. The largest absolute Gasteiger partial charge is 0.489 e. The first-order valence-electron chi connectivity index (χ1n) is 8.25. The summed E-state index contributed by atoms with van der Waals surface area (Å²) in [5.41, 5.74) is 6.83. The van der Waals surface area contributed by atoms with Gasteiger partial charge in [-0.05, 0) is 31.2 Å². The monoisotopic (exact) mass is 369 g/mol. The highest BCUT2D eigenvalue weighted by atomic mass is 16.5. The smallest absolute Gasteiger partial charge is 0.256 e. The summed E-state index contributed by atoms with van der Waals surface area (Å²) in [5.74, 6) is -0.451. The van der Waals surface area contributed by atoms with Crippen LogP contribution in [0.3, 0.4) is 0 Å². The molecule has 0 aliphatic carbocycles. The molecule has 0 aliphatic heterocycles. The lowest BCUT2D eigenvalue weighted by molar-refractivity contribution is -0.120. The fourth-order valence-corrected chi connectivity index (χ4v) is 2.66. The molecule has 140 valence electrons. The molecule has 0 saturated carbocycles. The Morgan fingerprint density at radius 2 is 2.19 bits per heavy atom. The highest BCUT2D eigenvalue weighted by Crippen LogP contribution is 2.29. The minimum absolute atomic E-state index is 0.261. The maximum Gasteiger partial charge on any atom is 0.256 e. The van der Waals surface area contributed by atoms with E-state index in [1.807, 2.05) is 12.1 Å². The lowest BCUT2D eigenvalue weighted by Crippen LogP contribution is -2.46. The summed E-state index contributed by atoms with van der Waals surface area (Å²) in [4.78, 5) is 27.9. The zero-order valence-corrected chi connectivity index (χ0v) is 14.6. The summed E-state index contributed by atoms with van der Waals surface area (Å²) >= 11 is 0. The summed E-state index contributed by atoms with van der Waals surface area (Å²) in [6, 6.07) is 7.67. The van der Waals surface area contributed by atoms with Gasteiger partial charge < -0.3 is 25.3 Å². The number of nitrogens with zero attached hydrogens (tertiary/aromatic N) is 1. The van der Waals surface area contributed by atoms with E-state index < -0.39 is 24.5 Å². The number of aliphatic hydroxyl groups excluding tert-OH is 1. The molecule has 0 fully saturated rings. The zero-order chi connectivity index (χ0) is 19.4. The van der Waals surface area contributed by atoms with Gasteiger partial charge >= 0.3 is 0 Å². The van der Waals surface area contributed by atoms with Crippen molar-refractivity contribution in [2.24, 2.45) is 5.73 Å². The average Bonchev–Trinajstić information content (AvgIpc) is 3.00. The van der Waals surface area contributed by atoms with Crippen molar-refractivity contribution in [3.05, 3.63) is 59.6 Å². The van der Waals surface area contributed by atoms with Crippen LogP contribution in [0.5, 0.6) is 5.75 Å². The summed E-state index contributed by atoms with van der Waals surface area (Å²) < 4.78 is 11.4. The topological polar surface area (TPSA) is 128 Å². The van der Waals surface area contributed by atoms with Gasteiger partial charge in [0.2, 0.25) is 5.91 Å². The number of hydrogen-bond acceptors (Lipinski definition) is 6. The molecule has 4 N–H and O–H groups in total. The van der Waals surface area contributed by atoms with Crippen molar-refractivity contribution in [3.63, 3.8) is 0 Å². The highest BCUT2D eigenvalue weighted by molar-refractivity contribution is 6.08. The molecule has 1 unspecified atom stereocenters. The third-order valence-corrected chi connectivity index (χ3v) is 4.02. The number of nitrogens with one attached hydrogen (secondary N) is 1. The van der Waals surface area contributed by atoms with Crippen LogP contribution >= 0.6 is 0 Å². The maximum absolute atomic E-state index is 12.6. The number of carbonyl (C=O) groups is 2. The highest BCUT2D eigenvalue weighted by Gasteiger charge is 2.23. The molecule has 3 rings (SSSR count). The molecule has 1 atom stereocenters. The van der Waals surface area contributed by atoms with E-state index in [1.165, 1.54) is 0 Å². The first-order chi connectivity index (χ1) is 13.0. The standard InChI is InChI=1S/C19H19N3O5/c1-11-17(19(25)22-15(9-23)18(20)24)14-7-13(4-5-16(14)27-11)26-10-12-3-2-6-21-8-12/h2-8,15,23H,9-10H2,1H3,(H2,20,24)(H,22,25). The van der Waals surface area contributed by atoms with Gasteiger partial charge in [-0.2, -0.15) is 0 Å². The normalized spacial score (nSPS) is 11.9. The number of aryl methyl sites for hydroxylation is 1. The van der Waals surface area contributed by atoms with Crippen LogP contribution in [0, 0.1) is 6.92 Å². The van der Waals surface area contributed by atoms with Crippen LogP contribution in [0.4, 0.5) is 0 Å². The van der Waals surface area contributed by atoms with Crippen molar-refractivity contribution in [2.45, 2.75) is 19.6 Å². The quantitative estimate of drug-likeness (QED) is 0.576. The van der Waals surface area contributed by atoms with Crippen LogP contribution in [0.2, 0.25) is 0 Å². The molecule has 0 radical (unpaired) electrons. The summed E-state index contributed by atoms with van der Waals surface area (Å²) in [7, 11) is 0. The Bertz CT molecular complexity index is 968. The van der Waals surface area contributed by atoms with Crippen molar-refractivity contribution in [3.8, 4) is 5.75 Å². The average molecular weight is 369 g/mol. The fourth-order valence-electron chi connectivity index (χ4n) is 2.66. The summed E-state index contributed by atoms with van der Waals surface area (Å²) in [6.45, 7) is 1.38. The van der Waals surface area contributed by atoms with E-state index in [-0.39, 0.29) is 5.56 Å². The fraction of sp³-hybridized carbons (Fsp3) is 0.211. The minimum atomic E-state index is -1.17. The molecule has 0 bridgehead atoms. The molecular weight excluding hydrogens is 350 g/mol. The van der Waals surface area contributed by atoms with Crippen molar-refractivity contribution in [1.29, 1.82) is 0 Å². The molecule has 0 saturated heterocycles. The van der Waals surface area contributed by atoms with Crippen LogP contribution in [-0.4, -0.2) is 34.6 Å². The molecule has 2 aromatic heterocycles. The molecule has 0 spiro atoms. The van der Waals surface area contributed by atoms with Crippen LogP contribution in [-0.2, 0) is 11.4 Å². The molecule has 2 heterocycles. The van der Waals surface area contributed by atoms with Crippen LogP contribution in [0.1, 0.15) is 21.7 Å². The maximum atomic E-state index is 12.6. The van der Waals surface area contributed by atoms with E-state index in [0.29, 0.717) is 29.1 Å². The minimum Gasteiger partial charge on any atom is -0.489 e. The van der Waals surface area contributed by atoms with E-state index >= 15 is 0 Å². The molecule has 2 amide bonds. The van der Waals surface area contributed by atoms with Crippen LogP contribution < -0.4 is 15.8 Å². The molecule has 3 aromatic rings. The second kappa shape index (κ2) is 7.88. The van der Waals surface area contributed by atoms with Crippen molar-refractivity contribution in [2.75, 3.05) is 6.61 Å². The van der Waals surface area contributed by atoms with E-state index in [1.54, 1.807) is 37.5 Å². The number of aliphatic hydroxyl groups is 1. The number of nitrogens with two attached hydrogens (primary N) is 1. The number of fused-ring (bicyclic) bond motifs is 1. The molecule has 0 aliphatic rings. The number of ether oxygens (including phenoxy) is 1. The lowest BCUT2D eigenvalue weighted by Gasteiger charge is -2.12. The lowest BCUT2D eigenvalue weighted by atomic mass is 10.1. The molecule has 8 nitrogen and oxygen atoms in total. The number of furan rings is 1. The Labute approximate surface area is 154 Å². The Hall–Kier alpha value is -3.39. The number of amides is 2. The summed E-state index contributed by atoms with van der Waals surface area (Å²) in [5, 5.41) is 12.1. The molecular formula is C19H19N3O5. The Morgan fingerprint density at radius 3 is 2.85 bits per heavy atom. The van der Waals surface area contributed by atoms with Gasteiger partial charge in [-0.15, -0.1) is 0 Å². The van der Waals surface area contributed by atoms with Crippen molar-refractivity contribution >= 4 is 22.8 Å². The second-order valence-corrected chi connectivity index (χ2v) is 5.95.